The highest BCUT2D eigenvalue weighted by Gasteiger charge is 2.38. The molecule has 0 bridgehead atoms. The molecular weight excluding hydrogens is 500 g/mol. The maximum atomic E-state index is 13.6. The number of fused-ring (bicyclic) bond motifs is 4. The Morgan fingerprint density at radius 1 is 1.21 bits per heavy atom. The minimum Gasteiger partial charge on any atom is -0.475 e. The first-order valence-electron chi connectivity index (χ1n) is 9.45. The SMILES string of the molecule is Cc1nc(SCc2nc3cc(Cl)c(F)cc3[nH]2)c2oc3ccccc3c2n1.O=C(O)C(F)(F)F. The molecule has 13 heteroatoms. The molecule has 5 aromatic rings. The molecule has 176 valence electrons. The van der Waals surface area contributed by atoms with E-state index in [9.17, 15) is 17.6 Å². The lowest BCUT2D eigenvalue weighted by Gasteiger charge is -2.01. The van der Waals surface area contributed by atoms with Gasteiger partial charge >= 0.3 is 12.1 Å². The third kappa shape index (κ3) is 4.92. The molecule has 2 aromatic carbocycles. The van der Waals surface area contributed by atoms with Gasteiger partial charge in [0.05, 0.1) is 21.8 Å². The molecule has 0 saturated heterocycles. The van der Waals surface area contributed by atoms with Crippen LogP contribution in [0.5, 0.6) is 0 Å². The Balaban J connectivity index is 0.000000344. The van der Waals surface area contributed by atoms with Gasteiger partial charge in [0.2, 0.25) is 0 Å². The predicted octanol–water partition coefficient (Wildman–Crippen LogP) is 6.28. The molecule has 3 aromatic heterocycles. The van der Waals surface area contributed by atoms with Crippen molar-refractivity contribution in [2.24, 2.45) is 0 Å². The van der Waals surface area contributed by atoms with Crippen molar-refractivity contribution in [1.82, 2.24) is 19.9 Å². The number of benzene rings is 2. The standard InChI is InChI=1S/C19H12ClFN4OS.C2HF3O2/c1-9-22-17-10-4-2-3-5-15(10)26-18(17)19(23-9)27-8-16-24-13-6-11(20)12(21)7-14(13)25-16;3-2(4,5)1(6)7/h2-7H,8H2,1H3,(H,24,25);(H,6,7). The molecule has 34 heavy (non-hydrogen) atoms. The number of furan rings is 1. The summed E-state index contributed by atoms with van der Waals surface area (Å²) >= 11 is 7.32. The lowest BCUT2D eigenvalue weighted by Crippen LogP contribution is -2.21. The largest absolute Gasteiger partial charge is 0.490 e. The lowest BCUT2D eigenvalue weighted by molar-refractivity contribution is -0.192. The first-order chi connectivity index (χ1) is 16.0. The number of carboxylic acids is 1. The first-order valence-corrected chi connectivity index (χ1v) is 10.8. The average molecular weight is 513 g/mol. The molecule has 0 fully saturated rings. The van der Waals surface area contributed by atoms with Gasteiger partial charge in [-0.05, 0) is 25.1 Å². The highest BCUT2D eigenvalue weighted by Crippen LogP contribution is 2.34. The number of para-hydroxylation sites is 1. The van der Waals surface area contributed by atoms with Gasteiger partial charge in [-0.1, -0.05) is 35.5 Å². The van der Waals surface area contributed by atoms with Crippen molar-refractivity contribution in [3.8, 4) is 0 Å². The Labute approximate surface area is 197 Å². The molecular formula is C21H13ClF4N4O3S. The first kappa shape index (κ1) is 23.8. The van der Waals surface area contributed by atoms with Gasteiger partial charge in [0.15, 0.2) is 5.58 Å². The van der Waals surface area contributed by atoms with Crippen molar-refractivity contribution in [1.29, 1.82) is 0 Å². The van der Waals surface area contributed by atoms with Crippen molar-refractivity contribution in [2.75, 3.05) is 0 Å². The van der Waals surface area contributed by atoms with Gasteiger partial charge in [-0.2, -0.15) is 13.2 Å². The zero-order chi connectivity index (χ0) is 24.6. The van der Waals surface area contributed by atoms with Crippen LogP contribution in [-0.2, 0) is 10.5 Å². The van der Waals surface area contributed by atoms with E-state index in [0.29, 0.717) is 34.0 Å². The zero-order valence-corrected chi connectivity index (χ0v) is 18.6. The number of aliphatic carboxylic acids is 1. The van der Waals surface area contributed by atoms with Crippen LogP contribution in [0, 0.1) is 12.7 Å². The van der Waals surface area contributed by atoms with Crippen molar-refractivity contribution in [3.63, 3.8) is 0 Å². The van der Waals surface area contributed by atoms with E-state index >= 15 is 0 Å². The van der Waals surface area contributed by atoms with E-state index in [4.69, 9.17) is 25.9 Å². The van der Waals surface area contributed by atoms with Gasteiger partial charge in [0, 0.05) is 11.5 Å². The van der Waals surface area contributed by atoms with Crippen LogP contribution in [0.3, 0.4) is 0 Å². The third-order valence-electron chi connectivity index (χ3n) is 4.46. The molecule has 0 aliphatic rings. The van der Waals surface area contributed by atoms with Crippen LogP contribution in [0.4, 0.5) is 17.6 Å². The highest BCUT2D eigenvalue weighted by atomic mass is 35.5. The summed E-state index contributed by atoms with van der Waals surface area (Å²) in [5, 5.41) is 8.90. The summed E-state index contributed by atoms with van der Waals surface area (Å²) in [6.07, 6.45) is -5.08. The number of hydrogen-bond donors (Lipinski definition) is 2. The molecule has 0 spiro atoms. The summed E-state index contributed by atoms with van der Waals surface area (Å²) in [7, 11) is 0. The van der Waals surface area contributed by atoms with Gasteiger partial charge in [-0.15, -0.1) is 0 Å². The second-order valence-electron chi connectivity index (χ2n) is 6.91. The van der Waals surface area contributed by atoms with E-state index in [-0.39, 0.29) is 5.02 Å². The number of halogens is 5. The number of carboxylic acid groups (broad SMARTS) is 1. The summed E-state index contributed by atoms with van der Waals surface area (Å²) in [5.74, 6) is -1.32. The zero-order valence-electron chi connectivity index (χ0n) is 17.1. The second kappa shape index (κ2) is 9.11. The fourth-order valence-corrected chi connectivity index (χ4v) is 4.07. The Morgan fingerprint density at radius 2 is 1.91 bits per heavy atom. The maximum Gasteiger partial charge on any atom is 0.490 e. The summed E-state index contributed by atoms with van der Waals surface area (Å²) in [4.78, 5) is 25.6. The fraction of sp³-hybridized carbons (Fsp3) is 0.143. The number of rotatable bonds is 3. The normalized spacial score (nSPS) is 11.7. The summed E-state index contributed by atoms with van der Waals surface area (Å²) < 4.78 is 51.3. The van der Waals surface area contributed by atoms with Crippen molar-refractivity contribution >= 4 is 62.4 Å². The lowest BCUT2D eigenvalue weighted by atomic mass is 10.2. The van der Waals surface area contributed by atoms with Crippen LogP contribution in [0.15, 0.2) is 45.8 Å². The molecule has 0 amide bonds. The van der Waals surface area contributed by atoms with Crippen LogP contribution in [0.2, 0.25) is 5.02 Å². The number of alkyl halides is 3. The fourth-order valence-electron chi connectivity index (χ4n) is 3.03. The molecule has 3 heterocycles. The number of H-pyrrole nitrogens is 1. The molecule has 0 unspecified atom stereocenters. The van der Waals surface area contributed by atoms with Crippen LogP contribution in [0.25, 0.3) is 33.1 Å². The monoisotopic (exact) mass is 512 g/mol. The van der Waals surface area contributed by atoms with E-state index in [1.54, 1.807) is 0 Å². The summed E-state index contributed by atoms with van der Waals surface area (Å²) in [5.41, 5.74) is 3.49. The number of hydrogen-bond acceptors (Lipinski definition) is 6. The minimum atomic E-state index is -5.08. The Morgan fingerprint density at radius 3 is 2.62 bits per heavy atom. The number of aromatic amines is 1. The van der Waals surface area contributed by atoms with E-state index in [2.05, 4.69) is 19.9 Å². The molecule has 0 atom stereocenters. The Kier molecular flexibility index (Phi) is 6.36. The molecule has 0 aliphatic heterocycles. The Hall–Kier alpha value is -3.38. The topological polar surface area (TPSA) is 105 Å². The van der Waals surface area contributed by atoms with Crippen LogP contribution in [0.1, 0.15) is 11.6 Å². The number of carbonyl (C=O) groups is 1. The summed E-state index contributed by atoms with van der Waals surface area (Å²) in [6.45, 7) is 1.86. The highest BCUT2D eigenvalue weighted by molar-refractivity contribution is 7.98. The van der Waals surface area contributed by atoms with E-state index in [1.807, 2.05) is 31.2 Å². The number of aromatic nitrogens is 4. The molecule has 5 rings (SSSR count). The third-order valence-corrected chi connectivity index (χ3v) is 5.72. The minimum absolute atomic E-state index is 0.0589. The van der Waals surface area contributed by atoms with Crippen molar-refractivity contribution in [2.45, 2.75) is 23.9 Å². The smallest absolute Gasteiger partial charge is 0.475 e. The van der Waals surface area contributed by atoms with E-state index < -0.39 is 18.0 Å². The molecule has 0 saturated carbocycles. The van der Waals surface area contributed by atoms with Gasteiger partial charge in [-0.25, -0.2) is 24.1 Å². The van der Waals surface area contributed by atoms with Gasteiger partial charge in [-0.3, -0.25) is 0 Å². The van der Waals surface area contributed by atoms with Crippen LogP contribution >= 0.6 is 23.4 Å². The maximum absolute atomic E-state index is 13.6. The molecule has 0 radical (unpaired) electrons. The molecule has 0 aliphatic carbocycles. The van der Waals surface area contributed by atoms with Gasteiger partial charge in [0.1, 0.15) is 33.6 Å². The number of aryl methyl sites for hydroxylation is 1. The Bertz CT molecular complexity index is 1490. The number of nitrogens with zero attached hydrogens (tertiary/aromatic N) is 3. The second-order valence-corrected chi connectivity index (χ2v) is 8.28. The number of nitrogens with one attached hydrogen (secondary N) is 1. The summed E-state index contributed by atoms with van der Waals surface area (Å²) in [6, 6.07) is 10.7. The number of imidazole rings is 1. The van der Waals surface area contributed by atoms with Gasteiger partial charge < -0.3 is 14.5 Å². The molecule has 7 nitrogen and oxygen atoms in total. The number of thioether (sulfide) groups is 1. The van der Waals surface area contributed by atoms with Crippen molar-refractivity contribution < 1.29 is 31.9 Å². The molecule has 2 N–H and O–H groups in total. The van der Waals surface area contributed by atoms with Crippen molar-refractivity contribution in [3.05, 3.63) is 58.9 Å². The van der Waals surface area contributed by atoms with Gasteiger partial charge in [0.25, 0.3) is 0 Å². The predicted molar refractivity (Wildman–Crippen MR) is 118 cm³/mol. The van der Waals surface area contributed by atoms with E-state index in [1.165, 1.54) is 23.9 Å². The van der Waals surface area contributed by atoms with E-state index in [0.717, 1.165) is 21.5 Å². The quantitative estimate of drug-likeness (QED) is 0.166. The van der Waals surface area contributed by atoms with Crippen LogP contribution < -0.4 is 0 Å². The van der Waals surface area contributed by atoms with Crippen LogP contribution in [-0.4, -0.2) is 37.2 Å². The average Bonchev–Trinajstić information content (AvgIpc) is 3.33.